The highest BCUT2D eigenvalue weighted by Crippen LogP contribution is 2.43. The number of thioether (sulfide) groups is 1. The van der Waals surface area contributed by atoms with Gasteiger partial charge in [0.25, 0.3) is 11.1 Å². The molecule has 1 atom stereocenters. The Morgan fingerprint density at radius 1 is 1.11 bits per heavy atom. The van der Waals surface area contributed by atoms with Gasteiger partial charge in [-0.2, -0.15) is 0 Å². The van der Waals surface area contributed by atoms with E-state index in [-0.39, 0.29) is 11.3 Å². The number of imide groups is 1. The molecule has 138 valence electrons. The average Bonchev–Trinajstić information content (AvgIpc) is 2.92. The second kappa shape index (κ2) is 7.39. The fourth-order valence-electron chi connectivity index (χ4n) is 2.52. The minimum atomic E-state index is -4.17. The standard InChI is InChI=1S/C19H14ClNO4S2/c1-13-8-10-15(11-9-13)27(24,25)19(17(22)21-18(23)26-19)12-4-6-14-5-2-3-7-16(14)20/h2-3,5,7-11H,12H2,1H3,(H,21,22,23). The molecule has 0 aromatic heterocycles. The smallest absolute Gasteiger partial charge is 0.285 e. The summed E-state index contributed by atoms with van der Waals surface area (Å²) in [6.07, 6.45) is -0.351. The predicted molar refractivity (Wildman–Crippen MR) is 105 cm³/mol. The van der Waals surface area contributed by atoms with E-state index in [1.807, 2.05) is 6.92 Å². The SMILES string of the molecule is Cc1ccc(S(=O)(=O)C2(CC#Cc3ccccc3Cl)SC(=O)NC2=O)cc1. The Bertz CT molecular complexity index is 1080. The van der Waals surface area contributed by atoms with Crippen LogP contribution in [0, 0.1) is 18.8 Å². The second-order valence-corrected chi connectivity index (χ2v) is 9.98. The number of benzene rings is 2. The van der Waals surface area contributed by atoms with Crippen LogP contribution in [0.3, 0.4) is 0 Å². The van der Waals surface area contributed by atoms with Crippen LogP contribution in [0.15, 0.2) is 53.4 Å². The van der Waals surface area contributed by atoms with Crippen LogP contribution >= 0.6 is 23.4 Å². The predicted octanol–water partition coefficient (Wildman–Crippen LogP) is 3.54. The Labute approximate surface area is 166 Å². The van der Waals surface area contributed by atoms with E-state index >= 15 is 0 Å². The molecular formula is C19H14ClNO4S2. The van der Waals surface area contributed by atoms with Crippen LogP contribution in [0.1, 0.15) is 17.5 Å². The van der Waals surface area contributed by atoms with E-state index in [9.17, 15) is 18.0 Å². The lowest BCUT2D eigenvalue weighted by Gasteiger charge is -2.22. The highest BCUT2D eigenvalue weighted by molar-refractivity contribution is 8.25. The van der Waals surface area contributed by atoms with Crippen LogP contribution in [-0.4, -0.2) is 23.6 Å². The zero-order valence-electron chi connectivity index (χ0n) is 14.2. The summed E-state index contributed by atoms with van der Waals surface area (Å²) in [7, 11) is -4.17. The summed E-state index contributed by atoms with van der Waals surface area (Å²) in [4.78, 5) is 24.2. The molecule has 2 aromatic rings. The molecule has 1 saturated heterocycles. The number of aryl methyl sites for hydroxylation is 1. The lowest BCUT2D eigenvalue weighted by Crippen LogP contribution is -2.43. The third-order valence-corrected chi connectivity index (χ3v) is 8.28. The molecule has 0 saturated carbocycles. The molecule has 27 heavy (non-hydrogen) atoms. The molecule has 0 radical (unpaired) electrons. The van der Waals surface area contributed by atoms with Gasteiger partial charge in [-0.25, -0.2) is 8.42 Å². The molecule has 1 aliphatic heterocycles. The number of amides is 2. The van der Waals surface area contributed by atoms with Crippen molar-refractivity contribution in [2.75, 3.05) is 0 Å². The lowest BCUT2D eigenvalue weighted by molar-refractivity contribution is -0.119. The minimum absolute atomic E-state index is 0.0370. The molecule has 2 amide bonds. The van der Waals surface area contributed by atoms with Gasteiger partial charge < -0.3 is 0 Å². The summed E-state index contributed by atoms with van der Waals surface area (Å²) in [5.74, 6) is 4.61. The summed E-state index contributed by atoms with van der Waals surface area (Å²) in [6, 6.07) is 12.9. The van der Waals surface area contributed by atoms with Crippen molar-refractivity contribution in [2.45, 2.75) is 22.3 Å². The zero-order chi connectivity index (χ0) is 19.7. The van der Waals surface area contributed by atoms with Crippen molar-refractivity contribution in [1.82, 2.24) is 5.32 Å². The Kier molecular flexibility index (Phi) is 5.33. The molecule has 5 nitrogen and oxygen atoms in total. The maximum absolute atomic E-state index is 13.2. The van der Waals surface area contributed by atoms with Crippen LogP contribution in [0.25, 0.3) is 0 Å². The Hall–Kier alpha value is -2.27. The first-order valence-electron chi connectivity index (χ1n) is 7.85. The number of sulfone groups is 1. The van der Waals surface area contributed by atoms with Crippen molar-refractivity contribution >= 4 is 44.3 Å². The normalized spacial score (nSPS) is 19.3. The number of nitrogens with one attached hydrogen (secondary N) is 1. The zero-order valence-corrected chi connectivity index (χ0v) is 16.5. The first kappa shape index (κ1) is 19.5. The summed E-state index contributed by atoms with van der Waals surface area (Å²) in [5.41, 5.74) is 1.39. The monoisotopic (exact) mass is 419 g/mol. The highest BCUT2D eigenvalue weighted by Gasteiger charge is 2.58. The van der Waals surface area contributed by atoms with Gasteiger partial charge >= 0.3 is 0 Å². The highest BCUT2D eigenvalue weighted by atomic mass is 35.5. The third-order valence-electron chi connectivity index (χ3n) is 4.00. The first-order chi connectivity index (χ1) is 12.8. The number of rotatable bonds is 3. The summed E-state index contributed by atoms with van der Waals surface area (Å²) in [5, 5.41) is 1.77. The largest absolute Gasteiger partial charge is 0.287 e. The Morgan fingerprint density at radius 3 is 2.37 bits per heavy atom. The first-order valence-corrected chi connectivity index (χ1v) is 10.5. The van der Waals surface area contributed by atoms with Gasteiger partial charge in [-0.1, -0.05) is 53.3 Å². The van der Waals surface area contributed by atoms with Gasteiger partial charge in [0.05, 0.1) is 9.92 Å². The van der Waals surface area contributed by atoms with Gasteiger partial charge in [-0.15, -0.1) is 0 Å². The molecule has 1 fully saturated rings. The van der Waals surface area contributed by atoms with Crippen LogP contribution in [0.4, 0.5) is 4.79 Å². The van der Waals surface area contributed by atoms with E-state index in [1.54, 1.807) is 36.4 Å². The average molecular weight is 420 g/mol. The minimum Gasteiger partial charge on any atom is -0.285 e. The van der Waals surface area contributed by atoms with E-state index in [2.05, 4.69) is 17.2 Å². The molecule has 8 heteroatoms. The number of hydrogen-bond donors (Lipinski definition) is 1. The van der Waals surface area contributed by atoms with Crippen LogP contribution in [-0.2, 0) is 14.6 Å². The number of carbonyl (C=O) groups is 2. The van der Waals surface area contributed by atoms with Gasteiger partial charge in [-0.3, -0.25) is 14.9 Å². The van der Waals surface area contributed by atoms with Gasteiger partial charge in [0.15, 0.2) is 0 Å². The topological polar surface area (TPSA) is 80.3 Å². The maximum atomic E-state index is 13.2. The van der Waals surface area contributed by atoms with Crippen LogP contribution in [0.5, 0.6) is 0 Å². The van der Waals surface area contributed by atoms with E-state index in [4.69, 9.17) is 11.6 Å². The molecule has 1 heterocycles. The second-order valence-electron chi connectivity index (χ2n) is 5.87. The van der Waals surface area contributed by atoms with E-state index in [1.165, 1.54) is 12.1 Å². The quantitative estimate of drug-likeness (QED) is 0.769. The molecule has 2 aromatic carbocycles. The van der Waals surface area contributed by atoms with Crippen LogP contribution < -0.4 is 5.32 Å². The van der Waals surface area contributed by atoms with Crippen molar-refractivity contribution in [2.24, 2.45) is 0 Å². The maximum Gasteiger partial charge on any atom is 0.287 e. The molecular weight excluding hydrogens is 406 g/mol. The van der Waals surface area contributed by atoms with Gasteiger partial charge in [0, 0.05) is 12.0 Å². The number of carbonyl (C=O) groups excluding carboxylic acids is 2. The molecule has 0 spiro atoms. The third kappa shape index (κ3) is 3.61. The Morgan fingerprint density at radius 2 is 1.78 bits per heavy atom. The summed E-state index contributed by atoms with van der Waals surface area (Å²) < 4.78 is 24.4. The van der Waals surface area contributed by atoms with Crippen molar-refractivity contribution < 1.29 is 18.0 Å². The summed E-state index contributed by atoms with van der Waals surface area (Å²) in [6.45, 7) is 1.82. The fraction of sp³-hybridized carbons (Fsp3) is 0.158. The van der Waals surface area contributed by atoms with Crippen molar-refractivity contribution in [3.8, 4) is 11.8 Å². The van der Waals surface area contributed by atoms with Crippen molar-refractivity contribution in [3.05, 3.63) is 64.7 Å². The molecule has 3 rings (SSSR count). The molecule has 1 unspecified atom stereocenters. The fourth-order valence-corrected chi connectivity index (χ4v) is 5.83. The van der Waals surface area contributed by atoms with Crippen molar-refractivity contribution in [3.63, 3.8) is 0 Å². The van der Waals surface area contributed by atoms with E-state index < -0.39 is 25.1 Å². The van der Waals surface area contributed by atoms with Crippen molar-refractivity contribution in [1.29, 1.82) is 0 Å². The lowest BCUT2D eigenvalue weighted by atomic mass is 10.2. The molecule has 1 N–H and O–H groups in total. The Balaban J connectivity index is 2.04. The van der Waals surface area contributed by atoms with Gasteiger partial charge in [0.2, 0.25) is 13.9 Å². The summed E-state index contributed by atoms with van der Waals surface area (Å²) >= 11 is 6.49. The van der Waals surface area contributed by atoms with E-state index in [0.717, 1.165) is 5.56 Å². The van der Waals surface area contributed by atoms with Crippen LogP contribution in [0.2, 0.25) is 5.02 Å². The molecule has 0 bridgehead atoms. The van der Waals surface area contributed by atoms with E-state index in [0.29, 0.717) is 22.3 Å². The molecule has 0 aliphatic carbocycles. The number of hydrogen-bond acceptors (Lipinski definition) is 5. The van der Waals surface area contributed by atoms with Gasteiger partial charge in [-0.05, 0) is 43.0 Å². The molecule has 1 aliphatic rings. The number of halogens is 1. The van der Waals surface area contributed by atoms with Gasteiger partial charge in [0.1, 0.15) is 0 Å².